The van der Waals surface area contributed by atoms with E-state index in [-0.39, 0.29) is 5.92 Å². The molecular weight excluding hydrogens is 299 g/mol. The normalized spacial score (nSPS) is 12.9. The molecule has 0 aromatic heterocycles. The Morgan fingerprint density at radius 1 is 1.30 bits per heavy atom. The molecule has 6 heteroatoms. The molecule has 0 aliphatic rings. The minimum Gasteiger partial charge on any atom is -0.444 e. The average Bonchev–Trinajstić information content (AvgIpc) is 2.25. The number of amides is 1. The van der Waals surface area contributed by atoms with Crippen molar-refractivity contribution in [2.45, 2.75) is 32.3 Å². The number of benzene rings is 1. The predicted molar refractivity (Wildman–Crippen MR) is 82.5 cm³/mol. The van der Waals surface area contributed by atoms with E-state index in [0.29, 0.717) is 23.1 Å². The van der Waals surface area contributed by atoms with E-state index >= 15 is 0 Å². The fraction of sp³-hybridized carbons (Fsp3) is 0.500. The molecule has 20 heavy (non-hydrogen) atoms. The lowest BCUT2D eigenvalue weighted by molar-refractivity contribution is 0.0525. The molecule has 1 unspecified atom stereocenters. The van der Waals surface area contributed by atoms with Crippen LogP contribution in [0.1, 0.15) is 32.3 Å². The summed E-state index contributed by atoms with van der Waals surface area (Å²) in [7, 11) is 0. The Hall–Kier alpha value is -0.970. The summed E-state index contributed by atoms with van der Waals surface area (Å²) in [5.41, 5.74) is 6.10. The number of carbonyl (C=O) groups is 1. The van der Waals surface area contributed by atoms with Crippen LogP contribution in [0, 0.1) is 0 Å². The summed E-state index contributed by atoms with van der Waals surface area (Å²) < 4.78 is 5.17. The lowest BCUT2D eigenvalue weighted by atomic mass is 9.99. The second-order valence-corrected chi connectivity index (χ2v) is 6.39. The molecule has 0 saturated carbocycles. The Labute approximate surface area is 129 Å². The van der Waals surface area contributed by atoms with Crippen LogP contribution in [0.25, 0.3) is 0 Å². The number of rotatable bonds is 4. The van der Waals surface area contributed by atoms with Crippen LogP contribution in [0.15, 0.2) is 18.2 Å². The highest BCUT2D eigenvalue weighted by Crippen LogP contribution is 2.24. The van der Waals surface area contributed by atoms with E-state index in [1.54, 1.807) is 18.2 Å². The van der Waals surface area contributed by atoms with Crippen molar-refractivity contribution in [3.63, 3.8) is 0 Å². The number of nitrogens with one attached hydrogen (secondary N) is 1. The van der Waals surface area contributed by atoms with Crippen molar-refractivity contribution in [3.05, 3.63) is 33.8 Å². The maximum absolute atomic E-state index is 11.6. The third-order valence-corrected chi connectivity index (χ3v) is 2.97. The van der Waals surface area contributed by atoms with E-state index in [0.717, 1.165) is 5.56 Å². The van der Waals surface area contributed by atoms with Gasteiger partial charge in [-0.2, -0.15) is 0 Å². The van der Waals surface area contributed by atoms with E-state index in [4.69, 9.17) is 33.7 Å². The summed E-state index contributed by atoms with van der Waals surface area (Å²) in [5.74, 6) is -0.0706. The molecule has 1 aromatic carbocycles. The third kappa shape index (κ3) is 5.99. The van der Waals surface area contributed by atoms with Crippen molar-refractivity contribution in [1.82, 2.24) is 5.32 Å². The molecule has 1 aromatic rings. The largest absolute Gasteiger partial charge is 0.444 e. The number of hydrogen-bond acceptors (Lipinski definition) is 3. The Morgan fingerprint density at radius 2 is 1.85 bits per heavy atom. The molecule has 1 atom stereocenters. The third-order valence-electron chi connectivity index (χ3n) is 2.53. The number of nitrogens with two attached hydrogens (primary N) is 1. The van der Waals surface area contributed by atoms with Gasteiger partial charge in [0.15, 0.2) is 0 Å². The number of alkyl carbamates (subject to hydrolysis) is 1. The van der Waals surface area contributed by atoms with Crippen LogP contribution in [-0.2, 0) is 4.74 Å². The van der Waals surface area contributed by atoms with Gasteiger partial charge in [0, 0.05) is 29.1 Å². The number of ether oxygens (including phenoxy) is 1. The quantitative estimate of drug-likeness (QED) is 0.892. The van der Waals surface area contributed by atoms with E-state index < -0.39 is 11.7 Å². The molecule has 0 aliphatic carbocycles. The van der Waals surface area contributed by atoms with Gasteiger partial charge in [0.2, 0.25) is 0 Å². The van der Waals surface area contributed by atoms with Crippen LogP contribution >= 0.6 is 23.2 Å². The van der Waals surface area contributed by atoms with E-state index in [1.807, 2.05) is 20.8 Å². The predicted octanol–water partition coefficient (Wildman–Crippen LogP) is 3.56. The Morgan fingerprint density at radius 3 is 2.30 bits per heavy atom. The van der Waals surface area contributed by atoms with Crippen molar-refractivity contribution in [3.8, 4) is 0 Å². The minimum absolute atomic E-state index is 0.0706. The lowest BCUT2D eigenvalue weighted by Gasteiger charge is -2.21. The molecule has 0 fully saturated rings. The van der Waals surface area contributed by atoms with Gasteiger partial charge in [-0.15, -0.1) is 0 Å². The molecule has 0 heterocycles. The Bertz CT molecular complexity index is 452. The molecule has 1 amide bonds. The van der Waals surface area contributed by atoms with Gasteiger partial charge >= 0.3 is 6.09 Å². The van der Waals surface area contributed by atoms with Crippen molar-refractivity contribution in [1.29, 1.82) is 0 Å². The Balaban J connectivity index is 2.66. The fourth-order valence-electron chi connectivity index (χ4n) is 1.67. The van der Waals surface area contributed by atoms with Crippen molar-refractivity contribution >= 4 is 29.3 Å². The number of hydrogen-bond donors (Lipinski definition) is 2. The van der Waals surface area contributed by atoms with Gasteiger partial charge in [-0.05, 0) is 44.5 Å². The van der Waals surface area contributed by atoms with E-state index in [9.17, 15) is 4.79 Å². The topological polar surface area (TPSA) is 64.3 Å². The molecule has 112 valence electrons. The molecule has 0 saturated heterocycles. The molecule has 0 bridgehead atoms. The molecule has 3 N–H and O–H groups in total. The highest BCUT2D eigenvalue weighted by Gasteiger charge is 2.18. The highest BCUT2D eigenvalue weighted by atomic mass is 35.5. The first kappa shape index (κ1) is 17.1. The molecule has 0 spiro atoms. The summed E-state index contributed by atoms with van der Waals surface area (Å²) >= 11 is 11.9. The van der Waals surface area contributed by atoms with Crippen LogP contribution in [-0.4, -0.2) is 24.8 Å². The maximum atomic E-state index is 11.6. The number of halogens is 2. The number of carbonyl (C=O) groups excluding carboxylic acids is 1. The van der Waals surface area contributed by atoms with Crippen molar-refractivity contribution in [2.24, 2.45) is 5.73 Å². The van der Waals surface area contributed by atoms with Gasteiger partial charge in [0.1, 0.15) is 5.60 Å². The molecule has 1 rings (SSSR count). The molecule has 0 radical (unpaired) electrons. The van der Waals surface area contributed by atoms with Gasteiger partial charge in [0.05, 0.1) is 0 Å². The van der Waals surface area contributed by atoms with Crippen molar-refractivity contribution < 1.29 is 9.53 Å². The van der Waals surface area contributed by atoms with Crippen molar-refractivity contribution in [2.75, 3.05) is 13.1 Å². The molecular formula is C14H20Cl2N2O2. The van der Waals surface area contributed by atoms with Gasteiger partial charge in [-0.3, -0.25) is 0 Å². The van der Waals surface area contributed by atoms with Gasteiger partial charge in [-0.1, -0.05) is 23.2 Å². The van der Waals surface area contributed by atoms with E-state index in [2.05, 4.69) is 5.32 Å². The molecule has 4 nitrogen and oxygen atoms in total. The van der Waals surface area contributed by atoms with Gasteiger partial charge in [-0.25, -0.2) is 4.79 Å². The summed E-state index contributed by atoms with van der Waals surface area (Å²) in [6, 6.07) is 5.24. The van der Waals surface area contributed by atoms with Crippen LogP contribution in [0.3, 0.4) is 0 Å². The van der Waals surface area contributed by atoms with Crippen LogP contribution < -0.4 is 11.1 Å². The SMILES string of the molecule is CC(C)(C)OC(=O)NCC(CN)c1cc(Cl)cc(Cl)c1. The van der Waals surface area contributed by atoms with Crippen LogP contribution in [0.4, 0.5) is 4.79 Å². The summed E-state index contributed by atoms with van der Waals surface area (Å²) in [6.07, 6.45) is -0.468. The van der Waals surface area contributed by atoms with E-state index in [1.165, 1.54) is 0 Å². The van der Waals surface area contributed by atoms with Gasteiger partial charge < -0.3 is 15.8 Å². The summed E-state index contributed by atoms with van der Waals surface area (Å²) in [5, 5.41) is 3.79. The Kier molecular flexibility index (Phi) is 6.11. The first-order chi connectivity index (χ1) is 9.21. The first-order valence-corrected chi connectivity index (χ1v) is 7.10. The lowest BCUT2D eigenvalue weighted by Crippen LogP contribution is -2.36. The monoisotopic (exact) mass is 318 g/mol. The molecule has 0 aliphatic heterocycles. The zero-order valence-corrected chi connectivity index (χ0v) is 13.4. The zero-order valence-electron chi connectivity index (χ0n) is 11.9. The van der Waals surface area contributed by atoms with Crippen LogP contribution in [0.2, 0.25) is 10.0 Å². The van der Waals surface area contributed by atoms with Crippen LogP contribution in [0.5, 0.6) is 0 Å². The summed E-state index contributed by atoms with van der Waals surface area (Å²) in [6.45, 7) is 6.16. The van der Waals surface area contributed by atoms with Gasteiger partial charge in [0.25, 0.3) is 0 Å². The second kappa shape index (κ2) is 7.16. The zero-order chi connectivity index (χ0) is 15.3. The maximum Gasteiger partial charge on any atom is 0.407 e. The average molecular weight is 319 g/mol. The fourth-order valence-corrected chi connectivity index (χ4v) is 2.21. The smallest absolute Gasteiger partial charge is 0.407 e. The standard InChI is InChI=1S/C14H20Cl2N2O2/c1-14(2,3)20-13(19)18-8-10(7-17)9-4-11(15)6-12(16)5-9/h4-6,10H,7-8,17H2,1-3H3,(H,18,19). The summed E-state index contributed by atoms with van der Waals surface area (Å²) in [4.78, 5) is 11.6. The minimum atomic E-state index is -0.526. The first-order valence-electron chi connectivity index (χ1n) is 6.34. The highest BCUT2D eigenvalue weighted by molar-refractivity contribution is 6.34. The second-order valence-electron chi connectivity index (χ2n) is 5.52.